The molecule has 0 amide bonds. The van der Waals surface area contributed by atoms with Gasteiger partial charge in [-0.05, 0) is 31.9 Å². The van der Waals surface area contributed by atoms with E-state index in [2.05, 4.69) is 22.5 Å². The summed E-state index contributed by atoms with van der Waals surface area (Å²) in [4.78, 5) is 4.20. The van der Waals surface area contributed by atoms with Gasteiger partial charge in [-0.15, -0.1) is 24.0 Å². The number of halogens is 1. The highest BCUT2D eigenvalue weighted by atomic mass is 127. The van der Waals surface area contributed by atoms with Crippen molar-refractivity contribution in [1.29, 1.82) is 0 Å². The van der Waals surface area contributed by atoms with Crippen molar-refractivity contribution in [2.24, 2.45) is 4.99 Å². The number of nitrogens with one attached hydrogen (secondary N) is 2. The summed E-state index contributed by atoms with van der Waals surface area (Å²) in [6.07, 6.45) is 3.25. The molecular weight excluding hydrogens is 435 g/mol. The molecule has 6 nitrogen and oxygen atoms in total. The third kappa shape index (κ3) is 5.72. The lowest BCUT2D eigenvalue weighted by atomic mass is 10.1. The highest BCUT2D eigenvalue weighted by Crippen LogP contribution is 2.36. The minimum absolute atomic E-state index is 0. The molecule has 1 atom stereocenters. The van der Waals surface area contributed by atoms with E-state index >= 15 is 0 Å². The summed E-state index contributed by atoms with van der Waals surface area (Å²) in [5, 5.41) is 6.55. The summed E-state index contributed by atoms with van der Waals surface area (Å²) < 4.78 is 25.2. The Kier molecular flexibility index (Phi) is 8.24. The van der Waals surface area contributed by atoms with Gasteiger partial charge in [0.2, 0.25) is 10.0 Å². The first-order valence-electron chi connectivity index (χ1n) is 7.51. The van der Waals surface area contributed by atoms with Crippen LogP contribution in [0, 0.1) is 0 Å². The predicted molar refractivity (Wildman–Crippen MR) is 105 cm³/mol. The summed E-state index contributed by atoms with van der Waals surface area (Å²) in [6.45, 7) is 4.91. The van der Waals surface area contributed by atoms with Crippen LogP contribution in [0.25, 0.3) is 0 Å². The molecule has 2 saturated heterocycles. The van der Waals surface area contributed by atoms with Crippen LogP contribution in [0.1, 0.15) is 26.2 Å². The zero-order chi connectivity index (χ0) is 15.3. The zero-order valence-electron chi connectivity index (χ0n) is 13.3. The van der Waals surface area contributed by atoms with Gasteiger partial charge in [0, 0.05) is 38.0 Å². The minimum Gasteiger partial charge on any atom is -0.355 e. The Labute approximate surface area is 155 Å². The van der Waals surface area contributed by atoms with Crippen LogP contribution in [-0.4, -0.2) is 68.2 Å². The van der Waals surface area contributed by atoms with Gasteiger partial charge < -0.3 is 10.6 Å². The monoisotopic (exact) mass is 462 g/mol. The van der Waals surface area contributed by atoms with Crippen LogP contribution >= 0.6 is 35.7 Å². The largest absolute Gasteiger partial charge is 0.355 e. The maximum absolute atomic E-state index is 11.7. The van der Waals surface area contributed by atoms with E-state index in [0.717, 1.165) is 18.9 Å². The fraction of sp³-hybridized carbons (Fsp3) is 0.923. The van der Waals surface area contributed by atoms with E-state index < -0.39 is 10.0 Å². The number of sulfonamides is 1. The summed E-state index contributed by atoms with van der Waals surface area (Å²) >= 11 is 2.01. The number of nitrogens with zero attached hydrogens (tertiary/aromatic N) is 2. The molecule has 1 unspecified atom stereocenters. The Hall–Kier alpha value is 0.260. The quantitative estimate of drug-likeness (QED) is 0.364. The van der Waals surface area contributed by atoms with Crippen molar-refractivity contribution >= 4 is 51.7 Å². The van der Waals surface area contributed by atoms with E-state index in [1.54, 1.807) is 11.4 Å². The van der Waals surface area contributed by atoms with Crippen molar-refractivity contribution in [3.8, 4) is 0 Å². The molecule has 2 aliphatic rings. The third-order valence-electron chi connectivity index (χ3n) is 4.01. The highest BCUT2D eigenvalue weighted by Gasteiger charge is 2.30. The van der Waals surface area contributed by atoms with Crippen LogP contribution in [-0.2, 0) is 10.0 Å². The van der Waals surface area contributed by atoms with Crippen LogP contribution in [0.4, 0.5) is 0 Å². The Bertz CT molecular complexity index is 478. The second kappa shape index (κ2) is 8.93. The lowest BCUT2D eigenvalue weighted by molar-refractivity contribution is 0.444. The van der Waals surface area contributed by atoms with Crippen LogP contribution < -0.4 is 10.6 Å². The lowest BCUT2D eigenvalue weighted by Crippen LogP contribution is -2.45. The molecule has 2 N–H and O–H groups in total. The molecule has 2 rings (SSSR count). The normalized spacial score (nSPS) is 28.4. The second-order valence-electron chi connectivity index (χ2n) is 5.82. The van der Waals surface area contributed by atoms with Gasteiger partial charge in [0.25, 0.3) is 0 Å². The minimum atomic E-state index is -3.00. The van der Waals surface area contributed by atoms with Crippen molar-refractivity contribution in [1.82, 2.24) is 14.9 Å². The van der Waals surface area contributed by atoms with Crippen LogP contribution in [0.15, 0.2) is 4.99 Å². The fourth-order valence-electron chi connectivity index (χ4n) is 2.71. The van der Waals surface area contributed by atoms with Crippen molar-refractivity contribution < 1.29 is 8.42 Å². The van der Waals surface area contributed by atoms with Gasteiger partial charge in [-0.2, -0.15) is 11.8 Å². The molecule has 0 saturated carbocycles. The van der Waals surface area contributed by atoms with E-state index in [1.807, 2.05) is 11.8 Å². The van der Waals surface area contributed by atoms with Gasteiger partial charge in [-0.1, -0.05) is 0 Å². The average molecular weight is 462 g/mol. The van der Waals surface area contributed by atoms with E-state index in [0.29, 0.717) is 19.6 Å². The summed E-state index contributed by atoms with van der Waals surface area (Å²) in [5.74, 6) is 2.27. The maximum atomic E-state index is 11.7. The molecule has 0 aromatic carbocycles. The predicted octanol–water partition coefficient (Wildman–Crippen LogP) is 1.09. The summed E-state index contributed by atoms with van der Waals surface area (Å²) in [5.41, 5.74) is 0. The van der Waals surface area contributed by atoms with E-state index in [4.69, 9.17) is 0 Å². The van der Waals surface area contributed by atoms with Gasteiger partial charge in [-0.3, -0.25) is 4.99 Å². The van der Waals surface area contributed by atoms with Gasteiger partial charge in [0.1, 0.15) is 0 Å². The number of rotatable bonds is 5. The lowest BCUT2D eigenvalue weighted by Gasteiger charge is -2.24. The molecule has 0 aromatic rings. The molecule has 9 heteroatoms. The Morgan fingerprint density at radius 1 is 1.36 bits per heavy atom. The first-order chi connectivity index (χ1) is 9.95. The summed E-state index contributed by atoms with van der Waals surface area (Å²) in [7, 11) is -1.26. The highest BCUT2D eigenvalue weighted by molar-refractivity contribution is 14.0. The van der Waals surface area contributed by atoms with Crippen molar-refractivity contribution in [2.75, 3.05) is 44.7 Å². The zero-order valence-corrected chi connectivity index (χ0v) is 17.3. The number of aliphatic imine (C=N–C) groups is 1. The van der Waals surface area contributed by atoms with Crippen molar-refractivity contribution in [3.05, 3.63) is 0 Å². The van der Waals surface area contributed by atoms with E-state index in [1.165, 1.54) is 18.6 Å². The fourth-order valence-corrected chi connectivity index (χ4v) is 5.48. The molecular formula is C13H27IN4O2S2. The van der Waals surface area contributed by atoms with Crippen LogP contribution in [0.5, 0.6) is 0 Å². The van der Waals surface area contributed by atoms with E-state index in [-0.39, 0.29) is 34.5 Å². The molecule has 0 spiro atoms. The smallest absolute Gasteiger partial charge is 0.214 e. The molecule has 0 aromatic heterocycles. The Balaban J connectivity index is 0.00000242. The molecule has 2 heterocycles. The van der Waals surface area contributed by atoms with Gasteiger partial charge in [0.05, 0.1) is 5.75 Å². The number of hydrogen-bond donors (Lipinski definition) is 2. The molecule has 2 aliphatic heterocycles. The van der Waals surface area contributed by atoms with Gasteiger partial charge in [-0.25, -0.2) is 12.7 Å². The van der Waals surface area contributed by atoms with Gasteiger partial charge in [0.15, 0.2) is 5.96 Å². The third-order valence-corrected chi connectivity index (χ3v) is 7.51. The second-order valence-corrected chi connectivity index (χ2v) is 9.59. The Morgan fingerprint density at radius 3 is 2.68 bits per heavy atom. The summed E-state index contributed by atoms with van der Waals surface area (Å²) in [6, 6.07) is 0. The maximum Gasteiger partial charge on any atom is 0.214 e. The molecule has 0 aliphatic carbocycles. The number of thioether (sulfide) groups is 1. The standard InChI is InChI=1S/C13H26N4O2S2.HI/c1-13(5-3-9-20-13)11-16-12(14-2)15-6-8-17-7-4-10-21(17,18)19;/h3-11H2,1-2H3,(H2,14,15,16);1H. The van der Waals surface area contributed by atoms with Crippen molar-refractivity contribution in [2.45, 2.75) is 30.9 Å². The molecule has 2 fully saturated rings. The topological polar surface area (TPSA) is 73.8 Å². The number of guanidine groups is 1. The van der Waals surface area contributed by atoms with Gasteiger partial charge >= 0.3 is 0 Å². The van der Waals surface area contributed by atoms with Crippen LogP contribution in [0.2, 0.25) is 0 Å². The molecule has 130 valence electrons. The first-order valence-corrected chi connectivity index (χ1v) is 10.1. The number of hydrogen-bond acceptors (Lipinski definition) is 4. The SMILES string of the molecule is CN=C(NCCN1CCCS1(=O)=O)NCC1(C)CCCS1.I. The van der Waals surface area contributed by atoms with Crippen molar-refractivity contribution in [3.63, 3.8) is 0 Å². The molecule has 22 heavy (non-hydrogen) atoms. The molecule has 0 bridgehead atoms. The van der Waals surface area contributed by atoms with E-state index in [9.17, 15) is 8.42 Å². The molecule has 0 radical (unpaired) electrons. The van der Waals surface area contributed by atoms with Crippen LogP contribution in [0.3, 0.4) is 0 Å². The first kappa shape index (κ1) is 20.3. The Morgan fingerprint density at radius 2 is 2.14 bits per heavy atom. The average Bonchev–Trinajstić information content (AvgIpc) is 3.00.